The first-order chi connectivity index (χ1) is 9.62. The summed E-state index contributed by atoms with van der Waals surface area (Å²) in [5, 5.41) is 0. The number of carbonyl (C=O) groups is 2. The monoisotopic (exact) mass is 295 g/mol. The molecular formula is C15H23N2O4+. The lowest BCUT2D eigenvalue weighted by Gasteiger charge is -2.29. The molecule has 0 fully saturated rings. The number of nitrogens with zero attached hydrogens (tertiary/aromatic N) is 1. The van der Waals surface area contributed by atoms with Gasteiger partial charge in [-0.25, -0.2) is 4.79 Å². The number of nitrogens with two attached hydrogens (primary N) is 1. The molecular weight excluding hydrogens is 272 g/mol. The molecule has 0 aromatic heterocycles. The minimum absolute atomic E-state index is 0.599. The molecule has 0 bridgehead atoms. The number of carbonyl (C=O) groups excluding carboxylic acids is 2. The standard InChI is InChI=1S/C15H23N2O4/c1-15(2,3)21-14(19)17(4,20-5)13(18)12(16)11-9-7-6-8-10-11/h6-10,12H,16H2,1-5H3/q+1. The first-order valence-corrected chi connectivity index (χ1v) is 6.62. The van der Waals surface area contributed by atoms with Gasteiger partial charge in [-0.05, 0) is 31.0 Å². The number of hydrogen-bond donors (Lipinski definition) is 1. The fourth-order valence-corrected chi connectivity index (χ4v) is 1.67. The number of hydrogen-bond acceptors (Lipinski definition) is 5. The quantitative estimate of drug-likeness (QED) is 0.683. The summed E-state index contributed by atoms with van der Waals surface area (Å²) in [5.74, 6) is -0.599. The predicted octanol–water partition coefficient (Wildman–Crippen LogP) is 2.16. The molecule has 0 aliphatic heterocycles. The van der Waals surface area contributed by atoms with Crippen molar-refractivity contribution in [1.82, 2.24) is 0 Å². The van der Waals surface area contributed by atoms with Gasteiger partial charge in [-0.3, -0.25) is 0 Å². The van der Waals surface area contributed by atoms with Gasteiger partial charge in [0.15, 0.2) is 6.04 Å². The number of rotatable bonds is 3. The van der Waals surface area contributed by atoms with Crippen LogP contribution in [-0.2, 0) is 14.4 Å². The Morgan fingerprint density at radius 1 is 1.19 bits per heavy atom. The van der Waals surface area contributed by atoms with Crippen molar-refractivity contribution in [2.24, 2.45) is 5.73 Å². The van der Waals surface area contributed by atoms with E-state index in [0.717, 1.165) is 0 Å². The normalized spacial score (nSPS) is 15.9. The number of ether oxygens (including phenoxy) is 1. The van der Waals surface area contributed by atoms with Crippen LogP contribution in [0.2, 0.25) is 0 Å². The van der Waals surface area contributed by atoms with E-state index in [-0.39, 0.29) is 0 Å². The highest BCUT2D eigenvalue weighted by Gasteiger charge is 2.49. The second kappa shape index (κ2) is 6.34. The Kier molecular flexibility index (Phi) is 5.22. The van der Waals surface area contributed by atoms with Crippen LogP contribution >= 0.6 is 0 Å². The van der Waals surface area contributed by atoms with E-state index in [1.165, 1.54) is 14.2 Å². The molecule has 0 aliphatic rings. The van der Waals surface area contributed by atoms with Crippen molar-refractivity contribution < 1.29 is 23.8 Å². The SMILES string of the molecule is CO[N+](C)(C(=O)OC(C)(C)C)C(=O)C(N)c1ccccc1. The number of hydroxylamine groups is 3. The third-order valence-electron chi connectivity index (χ3n) is 2.95. The fraction of sp³-hybridized carbons (Fsp3) is 0.467. The molecule has 6 heteroatoms. The largest absolute Gasteiger partial charge is 0.558 e. The average molecular weight is 295 g/mol. The topological polar surface area (TPSA) is 78.6 Å². The van der Waals surface area contributed by atoms with E-state index < -0.39 is 28.3 Å². The predicted molar refractivity (Wildman–Crippen MR) is 77.8 cm³/mol. The van der Waals surface area contributed by atoms with Crippen LogP contribution in [0.4, 0.5) is 4.79 Å². The smallest absolute Gasteiger partial charge is 0.412 e. The lowest BCUT2D eigenvalue weighted by Crippen LogP contribution is -2.57. The van der Waals surface area contributed by atoms with Gasteiger partial charge in [-0.15, -0.1) is 0 Å². The van der Waals surface area contributed by atoms with E-state index in [1.807, 2.05) is 6.07 Å². The third-order valence-corrected chi connectivity index (χ3v) is 2.95. The Bertz CT molecular complexity index is 510. The second-order valence-corrected chi connectivity index (χ2v) is 5.81. The minimum atomic E-state index is -0.983. The molecule has 0 radical (unpaired) electrons. The highest BCUT2D eigenvalue weighted by Crippen LogP contribution is 2.21. The molecule has 116 valence electrons. The highest BCUT2D eigenvalue weighted by atomic mass is 16.8. The summed E-state index contributed by atoms with van der Waals surface area (Å²) in [5.41, 5.74) is 5.82. The van der Waals surface area contributed by atoms with Gasteiger partial charge in [0.2, 0.25) is 0 Å². The van der Waals surface area contributed by atoms with Crippen LogP contribution in [0.1, 0.15) is 32.4 Å². The Morgan fingerprint density at radius 3 is 2.14 bits per heavy atom. The zero-order valence-corrected chi connectivity index (χ0v) is 13.1. The molecule has 21 heavy (non-hydrogen) atoms. The van der Waals surface area contributed by atoms with E-state index in [9.17, 15) is 9.59 Å². The van der Waals surface area contributed by atoms with Gasteiger partial charge in [0.1, 0.15) is 12.6 Å². The van der Waals surface area contributed by atoms with Crippen LogP contribution in [0.25, 0.3) is 0 Å². The Hall–Kier alpha value is -1.76. The van der Waals surface area contributed by atoms with Gasteiger partial charge in [0.25, 0.3) is 0 Å². The maximum absolute atomic E-state index is 12.5. The molecule has 1 aromatic carbocycles. The number of amides is 2. The Balaban J connectivity index is 3.02. The van der Waals surface area contributed by atoms with Gasteiger partial charge < -0.3 is 10.5 Å². The summed E-state index contributed by atoms with van der Waals surface area (Å²) in [6, 6.07) is 7.82. The summed E-state index contributed by atoms with van der Waals surface area (Å²) in [6.45, 7) is 5.14. The van der Waals surface area contributed by atoms with Crippen LogP contribution in [0, 0.1) is 0 Å². The van der Waals surface area contributed by atoms with Gasteiger partial charge in [-0.1, -0.05) is 30.3 Å². The lowest BCUT2D eigenvalue weighted by molar-refractivity contribution is -0.964. The van der Waals surface area contributed by atoms with Crippen molar-refractivity contribution in [1.29, 1.82) is 0 Å². The van der Waals surface area contributed by atoms with E-state index in [2.05, 4.69) is 0 Å². The van der Waals surface area contributed by atoms with Crippen LogP contribution in [-0.4, -0.2) is 36.4 Å². The zero-order valence-electron chi connectivity index (χ0n) is 13.1. The molecule has 2 N–H and O–H groups in total. The average Bonchev–Trinajstić information content (AvgIpc) is 2.43. The highest BCUT2D eigenvalue weighted by molar-refractivity contribution is 5.84. The number of likely N-dealkylation sites (N-methyl/N-ethyl adjacent to an activating group) is 1. The summed E-state index contributed by atoms with van der Waals surface area (Å²) >= 11 is 0. The van der Waals surface area contributed by atoms with Crippen molar-refractivity contribution in [2.75, 3.05) is 14.2 Å². The molecule has 0 aliphatic carbocycles. The van der Waals surface area contributed by atoms with Gasteiger partial charge >= 0.3 is 12.0 Å². The minimum Gasteiger partial charge on any atom is -0.412 e. The van der Waals surface area contributed by atoms with Gasteiger partial charge in [-0.2, -0.15) is 9.63 Å². The van der Waals surface area contributed by atoms with E-state index in [0.29, 0.717) is 5.56 Å². The molecule has 1 rings (SSSR count). The molecule has 0 spiro atoms. The van der Waals surface area contributed by atoms with Crippen molar-refractivity contribution in [3.05, 3.63) is 35.9 Å². The molecule has 6 nitrogen and oxygen atoms in total. The first-order valence-electron chi connectivity index (χ1n) is 6.62. The maximum Gasteiger partial charge on any atom is 0.558 e. The molecule has 2 unspecified atom stereocenters. The molecule has 2 atom stereocenters. The van der Waals surface area contributed by atoms with Gasteiger partial charge in [0, 0.05) is 0 Å². The molecule has 0 heterocycles. The lowest BCUT2D eigenvalue weighted by atomic mass is 10.1. The summed E-state index contributed by atoms with van der Waals surface area (Å²) in [7, 11) is 2.58. The van der Waals surface area contributed by atoms with Crippen molar-refractivity contribution in [3.8, 4) is 0 Å². The zero-order chi connectivity index (χ0) is 16.3. The number of quaternary nitrogens is 1. The van der Waals surface area contributed by atoms with E-state index in [1.54, 1.807) is 45.0 Å². The molecule has 1 aromatic rings. The van der Waals surface area contributed by atoms with Gasteiger partial charge in [0.05, 0.1) is 7.11 Å². The first kappa shape index (κ1) is 17.3. The van der Waals surface area contributed by atoms with Crippen LogP contribution in [0.15, 0.2) is 30.3 Å². The van der Waals surface area contributed by atoms with Crippen molar-refractivity contribution in [2.45, 2.75) is 32.4 Å². The van der Waals surface area contributed by atoms with Crippen LogP contribution in [0.5, 0.6) is 0 Å². The second-order valence-electron chi connectivity index (χ2n) is 5.81. The Labute approximate surface area is 125 Å². The number of imide groups is 1. The maximum atomic E-state index is 12.5. The van der Waals surface area contributed by atoms with Crippen LogP contribution < -0.4 is 5.73 Å². The molecule has 2 amide bonds. The molecule has 0 saturated carbocycles. The summed E-state index contributed by atoms with van der Waals surface area (Å²) < 4.78 is 4.25. The Morgan fingerprint density at radius 2 is 1.71 bits per heavy atom. The summed E-state index contributed by atoms with van der Waals surface area (Å²) in [4.78, 5) is 29.9. The number of benzene rings is 1. The fourth-order valence-electron chi connectivity index (χ4n) is 1.67. The van der Waals surface area contributed by atoms with E-state index >= 15 is 0 Å². The van der Waals surface area contributed by atoms with Crippen molar-refractivity contribution >= 4 is 12.0 Å². The third kappa shape index (κ3) is 4.10. The summed E-state index contributed by atoms with van der Waals surface area (Å²) in [6.07, 6.45) is -0.804. The molecule has 0 saturated heterocycles. The van der Waals surface area contributed by atoms with Crippen LogP contribution in [0.3, 0.4) is 0 Å². The van der Waals surface area contributed by atoms with E-state index in [4.69, 9.17) is 15.3 Å². The van der Waals surface area contributed by atoms with Crippen molar-refractivity contribution in [3.63, 3.8) is 0 Å².